The molecule has 0 N–H and O–H groups in total. The van der Waals surface area contributed by atoms with Crippen LogP contribution >= 0.6 is 0 Å². The van der Waals surface area contributed by atoms with Crippen LogP contribution in [0.4, 0.5) is 0 Å². The fourth-order valence-corrected chi connectivity index (χ4v) is 2.32. The van der Waals surface area contributed by atoms with Crippen molar-refractivity contribution in [3.63, 3.8) is 0 Å². The van der Waals surface area contributed by atoms with Crippen molar-refractivity contribution in [3.8, 4) is 0 Å². The Kier molecular flexibility index (Phi) is 3.64. The number of hydrogen-bond acceptors (Lipinski definition) is 1. The molecule has 0 heterocycles. The van der Waals surface area contributed by atoms with Gasteiger partial charge >= 0.3 is 0 Å². The van der Waals surface area contributed by atoms with Gasteiger partial charge in [-0.05, 0) is 48.9 Å². The Morgan fingerprint density at radius 1 is 1.33 bits per heavy atom. The number of hydrogen-bond donors (Lipinski definition) is 0. The lowest BCUT2D eigenvalue weighted by Crippen LogP contribution is -2.28. The van der Waals surface area contributed by atoms with E-state index in [9.17, 15) is 0 Å². The number of rotatable bonds is 2. The first-order chi connectivity index (χ1) is 6.85. The highest BCUT2D eigenvalue weighted by Crippen LogP contribution is 2.44. The molecule has 1 atom stereocenters. The molecule has 0 aromatic rings. The maximum absolute atomic E-state index is 2.37. The molecule has 15 heavy (non-hydrogen) atoms. The molecule has 0 radical (unpaired) electrons. The lowest BCUT2D eigenvalue weighted by atomic mass is 9.66. The molecule has 0 bridgehead atoms. The van der Waals surface area contributed by atoms with Crippen LogP contribution in [0.3, 0.4) is 0 Å². The lowest BCUT2D eigenvalue weighted by molar-refractivity contribution is 0.256. The SMILES string of the molecule is CC1=C(C=CN(C)C)C(C)(C)C(C)CC1. The second-order valence-corrected chi connectivity index (χ2v) is 5.63. The van der Waals surface area contributed by atoms with Crippen LogP contribution in [-0.2, 0) is 0 Å². The van der Waals surface area contributed by atoms with Crippen molar-refractivity contribution < 1.29 is 0 Å². The highest BCUT2D eigenvalue weighted by Gasteiger charge is 2.33. The van der Waals surface area contributed by atoms with Crippen LogP contribution in [0, 0.1) is 11.3 Å². The van der Waals surface area contributed by atoms with E-state index in [1.807, 2.05) is 0 Å². The minimum atomic E-state index is 0.328. The normalized spacial score (nSPS) is 26.1. The minimum absolute atomic E-state index is 0.328. The molecule has 0 spiro atoms. The average molecular weight is 207 g/mol. The van der Waals surface area contributed by atoms with E-state index in [1.165, 1.54) is 18.4 Å². The van der Waals surface area contributed by atoms with Gasteiger partial charge in [-0.15, -0.1) is 0 Å². The van der Waals surface area contributed by atoms with E-state index in [1.54, 1.807) is 5.57 Å². The van der Waals surface area contributed by atoms with Crippen molar-refractivity contribution >= 4 is 0 Å². The standard InChI is InChI=1S/C14H25N/c1-11-7-8-12(2)14(3,4)13(11)9-10-15(5)6/h9-10,12H,7-8H2,1-6H3. The second kappa shape index (κ2) is 4.42. The Morgan fingerprint density at radius 2 is 1.93 bits per heavy atom. The fraction of sp³-hybridized carbons (Fsp3) is 0.714. The fourth-order valence-electron chi connectivity index (χ4n) is 2.32. The molecular weight excluding hydrogens is 182 g/mol. The van der Waals surface area contributed by atoms with Gasteiger partial charge < -0.3 is 4.90 Å². The first kappa shape index (κ1) is 12.4. The molecule has 86 valence electrons. The maximum atomic E-state index is 2.37. The summed E-state index contributed by atoms with van der Waals surface area (Å²) in [6.07, 6.45) is 7.06. The summed E-state index contributed by atoms with van der Waals surface area (Å²) in [4.78, 5) is 2.11. The maximum Gasteiger partial charge on any atom is 0.00556 e. The zero-order valence-electron chi connectivity index (χ0n) is 11.1. The molecule has 1 aliphatic carbocycles. The number of allylic oxidation sites excluding steroid dienone is 3. The summed E-state index contributed by atoms with van der Waals surface area (Å²) in [7, 11) is 4.15. The third-order valence-corrected chi connectivity index (χ3v) is 3.88. The lowest BCUT2D eigenvalue weighted by Gasteiger charge is -2.39. The van der Waals surface area contributed by atoms with Gasteiger partial charge in [0.05, 0.1) is 0 Å². The van der Waals surface area contributed by atoms with Crippen molar-refractivity contribution in [1.82, 2.24) is 4.90 Å². The molecule has 0 amide bonds. The van der Waals surface area contributed by atoms with Gasteiger partial charge in [-0.25, -0.2) is 0 Å². The third kappa shape index (κ3) is 2.64. The van der Waals surface area contributed by atoms with Gasteiger partial charge in [0.25, 0.3) is 0 Å². The molecule has 1 nitrogen and oxygen atoms in total. The Balaban J connectivity index is 3.00. The summed E-state index contributed by atoms with van der Waals surface area (Å²) in [6, 6.07) is 0. The first-order valence-corrected chi connectivity index (χ1v) is 5.90. The van der Waals surface area contributed by atoms with Gasteiger partial charge in [-0.1, -0.05) is 26.3 Å². The molecule has 1 aliphatic rings. The molecule has 1 heteroatoms. The van der Waals surface area contributed by atoms with E-state index >= 15 is 0 Å². The summed E-state index contributed by atoms with van der Waals surface area (Å²) in [6.45, 7) is 9.39. The van der Waals surface area contributed by atoms with Crippen LogP contribution in [0.2, 0.25) is 0 Å². The number of nitrogens with zero attached hydrogens (tertiary/aromatic N) is 1. The van der Waals surface area contributed by atoms with Crippen LogP contribution in [0.1, 0.15) is 40.5 Å². The highest BCUT2D eigenvalue weighted by molar-refractivity contribution is 5.33. The summed E-state index contributed by atoms with van der Waals surface area (Å²) in [5.41, 5.74) is 3.43. The van der Waals surface area contributed by atoms with E-state index in [4.69, 9.17) is 0 Å². The van der Waals surface area contributed by atoms with E-state index in [0.717, 1.165) is 5.92 Å². The monoisotopic (exact) mass is 207 g/mol. The molecule has 0 saturated carbocycles. The minimum Gasteiger partial charge on any atom is -0.383 e. The molecular formula is C14H25N. The van der Waals surface area contributed by atoms with Gasteiger partial charge in [-0.3, -0.25) is 0 Å². The molecule has 1 rings (SSSR count). The largest absolute Gasteiger partial charge is 0.383 e. The second-order valence-electron chi connectivity index (χ2n) is 5.63. The zero-order chi connectivity index (χ0) is 11.6. The van der Waals surface area contributed by atoms with Crippen LogP contribution < -0.4 is 0 Å². The third-order valence-electron chi connectivity index (χ3n) is 3.88. The average Bonchev–Trinajstić information content (AvgIpc) is 2.11. The Morgan fingerprint density at radius 3 is 2.47 bits per heavy atom. The van der Waals surface area contributed by atoms with Gasteiger partial charge in [-0.2, -0.15) is 0 Å². The van der Waals surface area contributed by atoms with Gasteiger partial charge in [0.2, 0.25) is 0 Å². The summed E-state index contributed by atoms with van der Waals surface area (Å²) >= 11 is 0. The topological polar surface area (TPSA) is 3.24 Å². The van der Waals surface area contributed by atoms with E-state index in [2.05, 4.69) is 59.0 Å². The predicted molar refractivity (Wildman–Crippen MR) is 67.7 cm³/mol. The molecule has 0 fully saturated rings. The zero-order valence-corrected chi connectivity index (χ0v) is 11.1. The molecule has 0 aromatic carbocycles. The van der Waals surface area contributed by atoms with Gasteiger partial charge in [0.1, 0.15) is 0 Å². The molecule has 0 aromatic heterocycles. The summed E-state index contributed by atoms with van der Waals surface area (Å²) < 4.78 is 0. The van der Waals surface area contributed by atoms with Crippen LogP contribution in [0.5, 0.6) is 0 Å². The Bertz CT molecular complexity index is 282. The van der Waals surface area contributed by atoms with Crippen molar-refractivity contribution in [2.24, 2.45) is 11.3 Å². The van der Waals surface area contributed by atoms with Gasteiger partial charge in [0, 0.05) is 14.1 Å². The predicted octanol–water partition coefficient (Wildman–Crippen LogP) is 3.83. The van der Waals surface area contributed by atoms with E-state index in [-0.39, 0.29) is 0 Å². The summed E-state index contributed by atoms with van der Waals surface area (Å²) in [5.74, 6) is 0.781. The van der Waals surface area contributed by atoms with Crippen LogP contribution in [0.25, 0.3) is 0 Å². The van der Waals surface area contributed by atoms with Crippen molar-refractivity contribution in [1.29, 1.82) is 0 Å². The smallest absolute Gasteiger partial charge is 0.00556 e. The first-order valence-electron chi connectivity index (χ1n) is 5.90. The van der Waals surface area contributed by atoms with Crippen molar-refractivity contribution in [3.05, 3.63) is 23.4 Å². The quantitative estimate of drug-likeness (QED) is 0.665. The Labute approximate surface area is 94.9 Å². The molecule has 1 unspecified atom stereocenters. The summed E-state index contributed by atoms with van der Waals surface area (Å²) in [5, 5.41) is 0. The highest BCUT2D eigenvalue weighted by atomic mass is 15.0. The van der Waals surface area contributed by atoms with Crippen LogP contribution in [0.15, 0.2) is 23.4 Å². The van der Waals surface area contributed by atoms with Crippen molar-refractivity contribution in [2.75, 3.05) is 14.1 Å². The molecule has 0 aliphatic heterocycles. The Hall–Kier alpha value is -0.720. The van der Waals surface area contributed by atoms with E-state index < -0.39 is 0 Å². The van der Waals surface area contributed by atoms with E-state index in [0.29, 0.717) is 5.41 Å². The van der Waals surface area contributed by atoms with Crippen LogP contribution in [-0.4, -0.2) is 19.0 Å². The molecule has 0 saturated heterocycles. The van der Waals surface area contributed by atoms with Gasteiger partial charge in [0.15, 0.2) is 0 Å². The van der Waals surface area contributed by atoms with Crippen molar-refractivity contribution in [2.45, 2.75) is 40.5 Å².